The van der Waals surface area contributed by atoms with Gasteiger partial charge in [0.15, 0.2) is 0 Å². The molecule has 3 amide bonds. The zero-order valence-electron chi connectivity index (χ0n) is 16.0. The summed E-state index contributed by atoms with van der Waals surface area (Å²) in [7, 11) is 0. The molecule has 0 saturated carbocycles. The highest BCUT2D eigenvalue weighted by atomic mass is 35.5. The van der Waals surface area contributed by atoms with Crippen molar-refractivity contribution in [2.45, 2.75) is 45.7 Å². The van der Waals surface area contributed by atoms with Gasteiger partial charge in [-0.2, -0.15) is 0 Å². The molecule has 1 aromatic rings. The highest BCUT2D eigenvalue weighted by Crippen LogP contribution is 2.23. The molecule has 2 rings (SSSR count). The highest BCUT2D eigenvalue weighted by molar-refractivity contribution is 6.34. The minimum absolute atomic E-state index is 0.128. The van der Waals surface area contributed by atoms with E-state index in [9.17, 15) is 24.3 Å². The van der Waals surface area contributed by atoms with Crippen molar-refractivity contribution in [3.05, 3.63) is 28.8 Å². The number of rotatable bonds is 6. The largest absolute Gasteiger partial charge is 0.480 e. The van der Waals surface area contributed by atoms with E-state index in [1.165, 1.54) is 30.0 Å². The molecular formula is C19H24ClN3O5. The SMILES string of the molecule is CC(=O)Nc1ccc(C(=O)N[C@H](C(=O)N2CCC[C@H]2C(=O)O)C(C)C)c(Cl)c1. The van der Waals surface area contributed by atoms with E-state index in [0.29, 0.717) is 25.1 Å². The van der Waals surface area contributed by atoms with E-state index in [2.05, 4.69) is 10.6 Å². The Hall–Kier alpha value is -2.61. The lowest BCUT2D eigenvalue weighted by Gasteiger charge is -2.29. The lowest BCUT2D eigenvalue weighted by molar-refractivity contribution is -0.149. The van der Waals surface area contributed by atoms with Gasteiger partial charge in [-0.1, -0.05) is 25.4 Å². The summed E-state index contributed by atoms with van der Waals surface area (Å²) in [6, 6.07) is 2.70. The number of amides is 3. The number of benzene rings is 1. The summed E-state index contributed by atoms with van der Waals surface area (Å²) < 4.78 is 0. The number of carbonyl (C=O) groups is 4. The summed E-state index contributed by atoms with van der Waals surface area (Å²) in [6.07, 6.45) is 1.01. The summed E-state index contributed by atoms with van der Waals surface area (Å²) >= 11 is 6.16. The number of halogens is 1. The molecule has 0 radical (unpaired) electrons. The standard InChI is InChI=1S/C19H24ClN3O5/c1-10(2)16(18(26)23-8-4-5-15(23)19(27)28)22-17(25)13-7-6-12(9-14(13)20)21-11(3)24/h6-7,9-10,15-16H,4-5,8H2,1-3H3,(H,21,24)(H,22,25)(H,27,28)/t15-,16-/m0/s1. The summed E-state index contributed by atoms with van der Waals surface area (Å²) in [5.41, 5.74) is 0.609. The van der Waals surface area contributed by atoms with Gasteiger partial charge in [0, 0.05) is 19.2 Å². The maximum absolute atomic E-state index is 12.9. The average molecular weight is 410 g/mol. The predicted molar refractivity (Wildman–Crippen MR) is 104 cm³/mol. The maximum atomic E-state index is 12.9. The van der Waals surface area contributed by atoms with Crippen molar-refractivity contribution < 1.29 is 24.3 Å². The number of anilines is 1. The third-order valence-electron chi connectivity index (χ3n) is 4.57. The van der Waals surface area contributed by atoms with Crippen LogP contribution in [0.3, 0.4) is 0 Å². The van der Waals surface area contributed by atoms with Crippen molar-refractivity contribution in [1.82, 2.24) is 10.2 Å². The Kier molecular flexibility index (Phi) is 7.01. The number of carboxylic acid groups (broad SMARTS) is 1. The lowest BCUT2D eigenvalue weighted by atomic mass is 10.0. The Morgan fingerprint density at radius 1 is 1.25 bits per heavy atom. The van der Waals surface area contributed by atoms with Crippen molar-refractivity contribution >= 4 is 41.0 Å². The van der Waals surface area contributed by atoms with Gasteiger partial charge in [-0.05, 0) is 37.0 Å². The van der Waals surface area contributed by atoms with Crippen LogP contribution in [-0.4, -0.2) is 52.3 Å². The molecule has 1 aliphatic rings. The monoisotopic (exact) mass is 409 g/mol. The van der Waals surface area contributed by atoms with Gasteiger partial charge in [0.05, 0.1) is 10.6 Å². The van der Waals surface area contributed by atoms with Crippen LogP contribution in [0.25, 0.3) is 0 Å². The number of nitrogens with zero attached hydrogens (tertiary/aromatic N) is 1. The van der Waals surface area contributed by atoms with Crippen molar-refractivity contribution in [3.63, 3.8) is 0 Å². The van der Waals surface area contributed by atoms with Gasteiger partial charge in [-0.15, -0.1) is 0 Å². The number of hydrogen-bond acceptors (Lipinski definition) is 4. The molecule has 8 nitrogen and oxygen atoms in total. The summed E-state index contributed by atoms with van der Waals surface area (Å²) in [4.78, 5) is 49.4. The van der Waals surface area contributed by atoms with Gasteiger partial charge in [0.25, 0.3) is 5.91 Å². The van der Waals surface area contributed by atoms with Gasteiger partial charge < -0.3 is 20.6 Å². The van der Waals surface area contributed by atoms with Gasteiger partial charge in [-0.3, -0.25) is 14.4 Å². The quantitative estimate of drug-likeness (QED) is 0.665. The number of carboxylic acids is 1. The molecule has 2 atom stereocenters. The fourth-order valence-electron chi connectivity index (χ4n) is 3.18. The van der Waals surface area contributed by atoms with E-state index >= 15 is 0 Å². The van der Waals surface area contributed by atoms with E-state index in [1.807, 2.05) is 0 Å². The zero-order chi connectivity index (χ0) is 21.0. The van der Waals surface area contributed by atoms with Crippen LogP contribution in [0.15, 0.2) is 18.2 Å². The fourth-order valence-corrected chi connectivity index (χ4v) is 3.45. The topological polar surface area (TPSA) is 116 Å². The van der Waals surface area contributed by atoms with E-state index in [0.717, 1.165) is 0 Å². The molecule has 152 valence electrons. The van der Waals surface area contributed by atoms with Gasteiger partial charge in [0.2, 0.25) is 11.8 Å². The van der Waals surface area contributed by atoms with Crippen LogP contribution in [0.1, 0.15) is 44.0 Å². The molecule has 0 aliphatic carbocycles. The number of carbonyl (C=O) groups excluding carboxylic acids is 3. The van der Waals surface area contributed by atoms with Gasteiger partial charge in [0.1, 0.15) is 12.1 Å². The van der Waals surface area contributed by atoms with Crippen LogP contribution < -0.4 is 10.6 Å². The zero-order valence-corrected chi connectivity index (χ0v) is 16.7. The van der Waals surface area contributed by atoms with Crippen LogP contribution in [0.5, 0.6) is 0 Å². The molecule has 0 bridgehead atoms. The molecule has 1 saturated heterocycles. The second kappa shape index (κ2) is 9.05. The van der Waals surface area contributed by atoms with Crippen LogP contribution in [0.2, 0.25) is 5.02 Å². The first-order chi connectivity index (χ1) is 13.1. The van der Waals surface area contributed by atoms with E-state index in [4.69, 9.17) is 11.6 Å². The van der Waals surface area contributed by atoms with Crippen molar-refractivity contribution in [2.24, 2.45) is 5.92 Å². The average Bonchev–Trinajstić information content (AvgIpc) is 3.08. The molecule has 9 heteroatoms. The first-order valence-corrected chi connectivity index (χ1v) is 9.41. The van der Waals surface area contributed by atoms with Crippen LogP contribution in [0.4, 0.5) is 5.69 Å². The number of hydrogen-bond donors (Lipinski definition) is 3. The van der Waals surface area contributed by atoms with Crippen molar-refractivity contribution in [2.75, 3.05) is 11.9 Å². The van der Waals surface area contributed by atoms with Crippen LogP contribution >= 0.6 is 11.6 Å². The number of nitrogens with one attached hydrogen (secondary N) is 2. The van der Waals surface area contributed by atoms with E-state index in [-0.39, 0.29) is 22.4 Å². The lowest BCUT2D eigenvalue weighted by Crippen LogP contribution is -2.53. The Morgan fingerprint density at radius 2 is 1.93 bits per heavy atom. The Labute approximate surface area is 168 Å². The minimum Gasteiger partial charge on any atom is -0.480 e. The van der Waals surface area contributed by atoms with Crippen LogP contribution in [0, 0.1) is 5.92 Å². The Bertz CT molecular complexity index is 796. The first-order valence-electron chi connectivity index (χ1n) is 9.03. The molecule has 1 heterocycles. The predicted octanol–water partition coefficient (Wildman–Crippen LogP) is 2.13. The summed E-state index contributed by atoms with van der Waals surface area (Å²) in [6.45, 7) is 5.25. The maximum Gasteiger partial charge on any atom is 0.326 e. The molecule has 0 spiro atoms. The minimum atomic E-state index is -1.05. The van der Waals surface area contributed by atoms with Crippen molar-refractivity contribution in [3.8, 4) is 0 Å². The molecule has 1 fully saturated rings. The molecular weight excluding hydrogens is 386 g/mol. The molecule has 3 N–H and O–H groups in total. The molecule has 28 heavy (non-hydrogen) atoms. The first kappa shape index (κ1) is 21.7. The van der Waals surface area contributed by atoms with E-state index < -0.39 is 29.9 Å². The molecule has 0 unspecified atom stereocenters. The smallest absolute Gasteiger partial charge is 0.326 e. The van der Waals surface area contributed by atoms with E-state index in [1.54, 1.807) is 13.8 Å². The fraction of sp³-hybridized carbons (Fsp3) is 0.474. The van der Waals surface area contributed by atoms with Crippen LogP contribution in [-0.2, 0) is 14.4 Å². The molecule has 0 aromatic heterocycles. The molecule has 1 aromatic carbocycles. The molecule has 1 aliphatic heterocycles. The van der Waals surface area contributed by atoms with Crippen molar-refractivity contribution in [1.29, 1.82) is 0 Å². The normalized spacial score (nSPS) is 17.3. The Balaban J connectivity index is 2.18. The highest BCUT2D eigenvalue weighted by Gasteiger charge is 2.38. The third kappa shape index (κ3) is 5.01. The second-order valence-corrected chi connectivity index (χ2v) is 7.51. The summed E-state index contributed by atoms with van der Waals surface area (Å²) in [5.74, 6) is -2.52. The van der Waals surface area contributed by atoms with Gasteiger partial charge in [-0.25, -0.2) is 4.79 Å². The number of aliphatic carboxylic acids is 1. The summed E-state index contributed by atoms with van der Waals surface area (Å²) in [5, 5.41) is 14.7. The Morgan fingerprint density at radius 3 is 2.46 bits per heavy atom. The number of likely N-dealkylation sites (tertiary alicyclic amines) is 1. The second-order valence-electron chi connectivity index (χ2n) is 7.10. The van der Waals surface area contributed by atoms with Gasteiger partial charge >= 0.3 is 5.97 Å². The third-order valence-corrected chi connectivity index (χ3v) is 4.89.